The minimum absolute atomic E-state index is 0.480. The molecule has 0 unspecified atom stereocenters. The Hall–Kier alpha value is -1.21. The highest BCUT2D eigenvalue weighted by Gasteiger charge is 2.12. The maximum Gasteiger partial charge on any atom is 0.161 e. The van der Waals surface area contributed by atoms with Gasteiger partial charge >= 0.3 is 0 Å². The lowest BCUT2D eigenvalue weighted by atomic mass is 10.1. The van der Waals surface area contributed by atoms with Crippen molar-refractivity contribution < 1.29 is 4.74 Å². The van der Waals surface area contributed by atoms with Crippen molar-refractivity contribution in [3.63, 3.8) is 0 Å². The van der Waals surface area contributed by atoms with E-state index in [-0.39, 0.29) is 0 Å². The number of halogens is 1. The fourth-order valence-electron chi connectivity index (χ4n) is 1.72. The molecule has 0 spiro atoms. The van der Waals surface area contributed by atoms with Gasteiger partial charge in [0.15, 0.2) is 5.82 Å². The molecule has 1 aromatic carbocycles. The van der Waals surface area contributed by atoms with E-state index >= 15 is 0 Å². The average Bonchev–Trinajstić information content (AvgIpc) is 2.42. The average molecular weight is 369 g/mol. The predicted octanol–water partition coefficient (Wildman–Crippen LogP) is 3.24. The van der Waals surface area contributed by atoms with E-state index in [0.29, 0.717) is 6.61 Å². The molecule has 0 fully saturated rings. The van der Waals surface area contributed by atoms with Crippen LogP contribution in [-0.2, 0) is 11.3 Å². The van der Waals surface area contributed by atoms with Gasteiger partial charge in [0.05, 0.1) is 15.9 Å². The van der Waals surface area contributed by atoms with E-state index in [9.17, 15) is 0 Å². The van der Waals surface area contributed by atoms with Gasteiger partial charge in [0.1, 0.15) is 5.82 Å². The van der Waals surface area contributed by atoms with Gasteiger partial charge in [-0.05, 0) is 29.5 Å². The number of anilines is 1. The minimum Gasteiger partial charge on any atom is -0.378 e. The molecular weight excluding hydrogens is 353 g/mol. The molecule has 19 heavy (non-hydrogen) atoms. The summed E-state index contributed by atoms with van der Waals surface area (Å²) in [6.07, 6.45) is 0. The third-order valence-electron chi connectivity index (χ3n) is 2.75. The van der Waals surface area contributed by atoms with Crippen molar-refractivity contribution in [2.45, 2.75) is 13.5 Å². The molecule has 4 nitrogen and oxygen atoms in total. The molecule has 5 heteroatoms. The summed E-state index contributed by atoms with van der Waals surface area (Å²) in [5, 5.41) is 3.10. The molecule has 0 aliphatic rings. The summed E-state index contributed by atoms with van der Waals surface area (Å²) in [6.45, 7) is 2.54. The highest BCUT2D eigenvalue weighted by Crippen LogP contribution is 2.24. The van der Waals surface area contributed by atoms with Crippen LogP contribution in [0.25, 0.3) is 11.4 Å². The van der Waals surface area contributed by atoms with E-state index in [1.807, 2.05) is 19.2 Å². The first-order valence-electron chi connectivity index (χ1n) is 5.96. The van der Waals surface area contributed by atoms with Gasteiger partial charge in [-0.1, -0.05) is 29.8 Å². The maximum atomic E-state index is 5.20. The van der Waals surface area contributed by atoms with Crippen LogP contribution in [0, 0.1) is 10.5 Å². The number of aryl methyl sites for hydroxylation is 1. The molecule has 2 aromatic rings. The molecule has 2 rings (SSSR count). The number of hydrogen-bond donors (Lipinski definition) is 1. The summed E-state index contributed by atoms with van der Waals surface area (Å²) < 4.78 is 6.19. The summed E-state index contributed by atoms with van der Waals surface area (Å²) in [5.41, 5.74) is 3.13. The highest BCUT2D eigenvalue weighted by atomic mass is 127. The quantitative estimate of drug-likeness (QED) is 0.841. The topological polar surface area (TPSA) is 47.0 Å². The van der Waals surface area contributed by atoms with Gasteiger partial charge in [-0.25, -0.2) is 9.97 Å². The molecule has 0 bridgehead atoms. The second kappa shape index (κ2) is 6.29. The highest BCUT2D eigenvalue weighted by molar-refractivity contribution is 14.1. The van der Waals surface area contributed by atoms with E-state index in [0.717, 1.165) is 26.5 Å². The first-order chi connectivity index (χ1) is 9.15. The number of ether oxygens (including phenoxy) is 1. The van der Waals surface area contributed by atoms with Crippen LogP contribution in [0.3, 0.4) is 0 Å². The Balaban J connectivity index is 2.51. The summed E-state index contributed by atoms with van der Waals surface area (Å²) in [7, 11) is 3.53. The van der Waals surface area contributed by atoms with E-state index < -0.39 is 0 Å². The lowest BCUT2D eigenvalue weighted by molar-refractivity contribution is 0.181. The Morgan fingerprint density at radius 3 is 2.47 bits per heavy atom. The van der Waals surface area contributed by atoms with Crippen LogP contribution in [-0.4, -0.2) is 24.1 Å². The predicted molar refractivity (Wildman–Crippen MR) is 85.2 cm³/mol. The van der Waals surface area contributed by atoms with Crippen molar-refractivity contribution in [2.75, 3.05) is 19.5 Å². The van der Waals surface area contributed by atoms with Crippen LogP contribution in [0.15, 0.2) is 24.3 Å². The summed E-state index contributed by atoms with van der Waals surface area (Å²) in [4.78, 5) is 9.14. The summed E-state index contributed by atoms with van der Waals surface area (Å²) >= 11 is 2.24. The molecule has 1 aromatic heterocycles. The van der Waals surface area contributed by atoms with Crippen LogP contribution in [0.1, 0.15) is 11.3 Å². The number of hydrogen-bond acceptors (Lipinski definition) is 4. The van der Waals surface area contributed by atoms with E-state index in [4.69, 9.17) is 4.74 Å². The molecule has 0 aliphatic carbocycles. The normalized spacial score (nSPS) is 10.5. The van der Waals surface area contributed by atoms with Crippen molar-refractivity contribution >= 4 is 28.4 Å². The molecule has 0 saturated carbocycles. The fourth-order valence-corrected chi connectivity index (χ4v) is 2.39. The number of methoxy groups -OCH3 is 1. The third kappa shape index (κ3) is 3.22. The fraction of sp³-hybridized carbons (Fsp3) is 0.286. The Labute approximate surface area is 126 Å². The van der Waals surface area contributed by atoms with Crippen molar-refractivity contribution in [1.82, 2.24) is 9.97 Å². The number of nitrogens with one attached hydrogen (secondary N) is 1. The Bertz CT molecular complexity index is 570. The van der Waals surface area contributed by atoms with Crippen molar-refractivity contribution in [2.24, 2.45) is 0 Å². The molecule has 1 N–H and O–H groups in total. The zero-order chi connectivity index (χ0) is 13.8. The first kappa shape index (κ1) is 14.2. The zero-order valence-electron chi connectivity index (χ0n) is 11.2. The van der Waals surface area contributed by atoms with Crippen LogP contribution >= 0.6 is 22.6 Å². The van der Waals surface area contributed by atoms with Crippen molar-refractivity contribution in [3.05, 3.63) is 39.1 Å². The van der Waals surface area contributed by atoms with E-state index in [1.54, 1.807) is 7.11 Å². The number of benzene rings is 1. The molecule has 0 atom stereocenters. The van der Waals surface area contributed by atoms with Gasteiger partial charge in [0, 0.05) is 19.7 Å². The number of nitrogens with zero attached hydrogens (tertiary/aromatic N) is 2. The standard InChI is InChI=1S/C14H16IN3O/c1-9-4-6-10(7-5-9)13-17-11(8-19-3)12(15)14(16-2)18-13/h4-7H,8H2,1-3H3,(H,16,17,18). The molecule has 100 valence electrons. The second-order valence-electron chi connectivity index (χ2n) is 4.21. The Kier molecular flexibility index (Phi) is 4.71. The molecule has 0 radical (unpaired) electrons. The van der Waals surface area contributed by atoms with Gasteiger partial charge in [-0.2, -0.15) is 0 Å². The summed E-state index contributed by atoms with van der Waals surface area (Å²) in [6, 6.07) is 8.19. The lowest BCUT2D eigenvalue weighted by Crippen LogP contribution is -2.06. The van der Waals surface area contributed by atoms with Crippen molar-refractivity contribution in [1.29, 1.82) is 0 Å². The zero-order valence-corrected chi connectivity index (χ0v) is 13.4. The van der Waals surface area contributed by atoms with E-state index in [2.05, 4.69) is 56.9 Å². The largest absolute Gasteiger partial charge is 0.378 e. The van der Waals surface area contributed by atoms with Crippen LogP contribution < -0.4 is 5.32 Å². The lowest BCUT2D eigenvalue weighted by Gasteiger charge is -2.11. The smallest absolute Gasteiger partial charge is 0.161 e. The maximum absolute atomic E-state index is 5.20. The monoisotopic (exact) mass is 369 g/mol. The van der Waals surface area contributed by atoms with Gasteiger partial charge in [-0.3, -0.25) is 0 Å². The van der Waals surface area contributed by atoms with E-state index in [1.165, 1.54) is 5.56 Å². The molecular formula is C14H16IN3O. The molecule has 0 amide bonds. The molecule has 0 aliphatic heterocycles. The first-order valence-corrected chi connectivity index (χ1v) is 7.03. The van der Waals surface area contributed by atoms with Gasteiger partial charge in [0.2, 0.25) is 0 Å². The number of aromatic nitrogens is 2. The SMILES string of the molecule is CNc1nc(-c2ccc(C)cc2)nc(COC)c1I. The van der Waals surface area contributed by atoms with Crippen LogP contribution in [0.4, 0.5) is 5.82 Å². The van der Waals surface area contributed by atoms with Gasteiger partial charge < -0.3 is 10.1 Å². The Morgan fingerprint density at radius 2 is 1.89 bits per heavy atom. The van der Waals surface area contributed by atoms with Crippen LogP contribution in [0.2, 0.25) is 0 Å². The minimum atomic E-state index is 0.480. The number of rotatable bonds is 4. The van der Waals surface area contributed by atoms with Gasteiger partial charge in [-0.15, -0.1) is 0 Å². The third-order valence-corrected chi connectivity index (χ3v) is 3.88. The van der Waals surface area contributed by atoms with Crippen molar-refractivity contribution in [3.8, 4) is 11.4 Å². The van der Waals surface area contributed by atoms with Crippen LogP contribution in [0.5, 0.6) is 0 Å². The molecule has 0 saturated heterocycles. The van der Waals surface area contributed by atoms with Gasteiger partial charge in [0.25, 0.3) is 0 Å². The Morgan fingerprint density at radius 1 is 1.21 bits per heavy atom. The second-order valence-corrected chi connectivity index (χ2v) is 5.28. The summed E-state index contributed by atoms with van der Waals surface area (Å²) in [5.74, 6) is 1.55. The molecule has 1 heterocycles.